The van der Waals surface area contributed by atoms with E-state index < -0.39 is 5.60 Å². The molecule has 1 aromatic rings. The zero-order chi connectivity index (χ0) is 14.9. The Morgan fingerprint density at radius 1 is 1.24 bits per heavy atom. The number of hydrogen-bond donors (Lipinski definition) is 1. The SMILES string of the molecule is COc1cc(CC2(O)CC2)ccc1OC1CCN(C)CC1. The predicted octanol–water partition coefficient (Wildman–Crippen LogP) is 2.24. The van der Waals surface area contributed by atoms with Gasteiger partial charge in [0.05, 0.1) is 12.7 Å². The number of likely N-dealkylation sites (tertiary alicyclic amines) is 1. The summed E-state index contributed by atoms with van der Waals surface area (Å²) < 4.78 is 11.6. The zero-order valence-corrected chi connectivity index (χ0v) is 13.0. The summed E-state index contributed by atoms with van der Waals surface area (Å²) in [6.45, 7) is 2.16. The number of nitrogens with zero attached hydrogens (tertiary/aromatic N) is 1. The molecule has 3 rings (SSSR count). The highest BCUT2D eigenvalue weighted by molar-refractivity contribution is 5.43. The van der Waals surface area contributed by atoms with Crippen molar-refractivity contribution < 1.29 is 14.6 Å². The fourth-order valence-corrected chi connectivity index (χ4v) is 2.90. The molecule has 0 aromatic heterocycles. The Balaban J connectivity index is 1.66. The van der Waals surface area contributed by atoms with Gasteiger partial charge in [0, 0.05) is 19.5 Å². The number of piperidine rings is 1. The number of hydrogen-bond acceptors (Lipinski definition) is 4. The van der Waals surface area contributed by atoms with Crippen molar-refractivity contribution in [2.45, 2.75) is 43.8 Å². The predicted molar refractivity (Wildman–Crippen MR) is 82.0 cm³/mol. The summed E-state index contributed by atoms with van der Waals surface area (Å²) in [5.74, 6) is 1.59. The van der Waals surface area contributed by atoms with Crippen LogP contribution in [-0.4, -0.2) is 49.0 Å². The maximum atomic E-state index is 10.0. The van der Waals surface area contributed by atoms with Crippen molar-refractivity contribution in [3.8, 4) is 11.5 Å². The Kier molecular flexibility index (Phi) is 4.09. The Hall–Kier alpha value is -1.26. The third-order valence-corrected chi connectivity index (χ3v) is 4.55. The molecule has 0 radical (unpaired) electrons. The van der Waals surface area contributed by atoms with Crippen LogP contribution < -0.4 is 9.47 Å². The molecular formula is C17H25NO3. The summed E-state index contributed by atoms with van der Waals surface area (Å²) in [7, 11) is 3.82. The lowest BCUT2D eigenvalue weighted by molar-refractivity contribution is 0.111. The maximum absolute atomic E-state index is 10.0. The Bertz CT molecular complexity index is 491. The van der Waals surface area contributed by atoms with E-state index in [2.05, 4.69) is 11.9 Å². The van der Waals surface area contributed by atoms with E-state index in [9.17, 15) is 5.11 Å². The highest BCUT2D eigenvalue weighted by Gasteiger charge is 2.40. The van der Waals surface area contributed by atoms with E-state index in [1.54, 1.807) is 7.11 Å². The van der Waals surface area contributed by atoms with E-state index >= 15 is 0 Å². The molecule has 0 atom stereocenters. The molecule has 2 aliphatic rings. The lowest BCUT2D eigenvalue weighted by Gasteiger charge is -2.29. The highest BCUT2D eigenvalue weighted by atomic mass is 16.5. The summed E-state index contributed by atoms with van der Waals surface area (Å²) in [6, 6.07) is 6.03. The largest absolute Gasteiger partial charge is 0.493 e. The van der Waals surface area contributed by atoms with Crippen LogP contribution in [0.25, 0.3) is 0 Å². The second kappa shape index (κ2) is 5.85. The van der Waals surface area contributed by atoms with Crippen molar-refractivity contribution in [3.63, 3.8) is 0 Å². The molecule has 0 unspecified atom stereocenters. The van der Waals surface area contributed by atoms with E-state index in [0.29, 0.717) is 6.42 Å². The smallest absolute Gasteiger partial charge is 0.161 e. The first kappa shape index (κ1) is 14.7. The lowest BCUT2D eigenvalue weighted by atomic mass is 10.1. The van der Waals surface area contributed by atoms with Crippen molar-refractivity contribution >= 4 is 0 Å². The van der Waals surface area contributed by atoms with Gasteiger partial charge in [0.2, 0.25) is 0 Å². The van der Waals surface area contributed by atoms with Crippen LogP contribution in [0.3, 0.4) is 0 Å². The molecule has 21 heavy (non-hydrogen) atoms. The van der Waals surface area contributed by atoms with Crippen LogP contribution in [0, 0.1) is 0 Å². The first-order valence-electron chi connectivity index (χ1n) is 7.82. The fourth-order valence-electron chi connectivity index (χ4n) is 2.90. The maximum Gasteiger partial charge on any atom is 0.161 e. The Morgan fingerprint density at radius 2 is 1.95 bits per heavy atom. The molecule has 0 amide bonds. The van der Waals surface area contributed by atoms with Crippen LogP contribution in [0.4, 0.5) is 0 Å². The van der Waals surface area contributed by atoms with Crippen molar-refractivity contribution in [1.82, 2.24) is 4.90 Å². The van der Waals surface area contributed by atoms with Crippen molar-refractivity contribution in [2.75, 3.05) is 27.2 Å². The van der Waals surface area contributed by atoms with E-state index in [4.69, 9.17) is 9.47 Å². The van der Waals surface area contributed by atoms with Crippen molar-refractivity contribution in [1.29, 1.82) is 0 Å². The quantitative estimate of drug-likeness (QED) is 0.903. The topological polar surface area (TPSA) is 41.9 Å². The minimum absolute atomic E-state index is 0.272. The van der Waals surface area contributed by atoms with Crippen LogP contribution in [0.15, 0.2) is 18.2 Å². The van der Waals surface area contributed by atoms with Gasteiger partial charge in [-0.2, -0.15) is 0 Å². The molecule has 1 saturated heterocycles. The number of aliphatic hydroxyl groups is 1. The van der Waals surface area contributed by atoms with Gasteiger partial charge in [0.1, 0.15) is 6.10 Å². The molecule has 0 bridgehead atoms. The molecule has 4 nitrogen and oxygen atoms in total. The summed E-state index contributed by atoms with van der Waals surface area (Å²) in [4.78, 5) is 2.33. The molecule has 1 aromatic carbocycles. The number of methoxy groups -OCH3 is 1. The number of ether oxygens (including phenoxy) is 2. The zero-order valence-electron chi connectivity index (χ0n) is 13.0. The van der Waals surface area contributed by atoms with Gasteiger partial charge >= 0.3 is 0 Å². The molecule has 1 aliphatic heterocycles. The third-order valence-electron chi connectivity index (χ3n) is 4.55. The van der Waals surface area contributed by atoms with Gasteiger partial charge in [-0.15, -0.1) is 0 Å². The molecule has 1 N–H and O–H groups in total. The normalized spacial score (nSPS) is 22.0. The first-order valence-corrected chi connectivity index (χ1v) is 7.82. The van der Waals surface area contributed by atoms with Crippen molar-refractivity contribution in [2.24, 2.45) is 0 Å². The van der Waals surface area contributed by atoms with Crippen molar-refractivity contribution in [3.05, 3.63) is 23.8 Å². The first-order chi connectivity index (χ1) is 10.1. The average molecular weight is 291 g/mol. The summed E-state index contributed by atoms with van der Waals surface area (Å²) in [6.07, 6.45) is 4.90. The molecule has 1 saturated carbocycles. The standard InChI is InChI=1S/C17H25NO3/c1-18-9-5-14(6-10-18)21-15-4-3-13(11-16(15)20-2)12-17(19)7-8-17/h3-4,11,14,19H,5-10,12H2,1-2H3. The fraction of sp³-hybridized carbons (Fsp3) is 0.647. The molecular weight excluding hydrogens is 266 g/mol. The van der Waals surface area contributed by atoms with Gasteiger partial charge < -0.3 is 19.5 Å². The van der Waals surface area contributed by atoms with Gasteiger partial charge in [-0.3, -0.25) is 0 Å². The highest BCUT2D eigenvalue weighted by Crippen LogP contribution is 2.40. The van der Waals surface area contributed by atoms with Gasteiger partial charge in [-0.1, -0.05) is 6.07 Å². The minimum Gasteiger partial charge on any atom is -0.493 e. The summed E-state index contributed by atoms with van der Waals surface area (Å²) >= 11 is 0. The van der Waals surface area contributed by atoms with Crippen LogP contribution in [0.5, 0.6) is 11.5 Å². The van der Waals surface area contributed by atoms with Crippen LogP contribution in [-0.2, 0) is 6.42 Å². The van der Waals surface area contributed by atoms with Gasteiger partial charge in [-0.05, 0) is 50.4 Å². The Labute approximate surface area is 126 Å². The molecule has 4 heteroatoms. The molecule has 1 aliphatic carbocycles. The third kappa shape index (κ3) is 3.69. The van der Waals surface area contributed by atoms with E-state index in [1.165, 1.54) is 0 Å². The molecule has 0 spiro atoms. The second-order valence-electron chi connectivity index (χ2n) is 6.51. The molecule has 1 heterocycles. The Morgan fingerprint density at radius 3 is 2.57 bits per heavy atom. The molecule has 116 valence electrons. The van der Waals surface area contributed by atoms with Crippen LogP contribution >= 0.6 is 0 Å². The van der Waals surface area contributed by atoms with E-state index in [0.717, 1.165) is 55.8 Å². The lowest BCUT2D eigenvalue weighted by Crippen LogP contribution is -2.35. The summed E-state index contributed by atoms with van der Waals surface area (Å²) in [5, 5.41) is 10.0. The second-order valence-corrected chi connectivity index (χ2v) is 6.51. The van der Waals surface area contributed by atoms with Gasteiger partial charge in [-0.25, -0.2) is 0 Å². The number of benzene rings is 1. The summed E-state index contributed by atoms with van der Waals surface area (Å²) in [5.41, 5.74) is 0.643. The van der Waals surface area contributed by atoms with Crippen LogP contribution in [0.1, 0.15) is 31.2 Å². The minimum atomic E-state index is -0.471. The van der Waals surface area contributed by atoms with E-state index in [1.807, 2.05) is 18.2 Å². The number of rotatable bonds is 5. The van der Waals surface area contributed by atoms with E-state index in [-0.39, 0.29) is 6.10 Å². The monoisotopic (exact) mass is 291 g/mol. The van der Waals surface area contributed by atoms with Gasteiger partial charge in [0.15, 0.2) is 11.5 Å². The average Bonchev–Trinajstić information content (AvgIpc) is 3.20. The van der Waals surface area contributed by atoms with Gasteiger partial charge in [0.25, 0.3) is 0 Å². The van der Waals surface area contributed by atoms with Crippen LogP contribution in [0.2, 0.25) is 0 Å². The molecule has 2 fully saturated rings.